The average molecular weight is 364 g/mol. The molecule has 6 nitrogen and oxygen atoms in total. The van der Waals surface area contributed by atoms with E-state index in [-0.39, 0.29) is 17.9 Å². The molecule has 140 valence electrons. The largest absolute Gasteiger partial charge is 0.379 e. The van der Waals surface area contributed by atoms with Crippen molar-refractivity contribution in [2.24, 2.45) is 5.92 Å². The van der Waals surface area contributed by atoms with Gasteiger partial charge in [-0.05, 0) is 37.5 Å². The molecule has 27 heavy (non-hydrogen) atoms. The monoisotopic (exact) mass is 364 g/mol. The van der Waals surface area contributed by atoms with E-state index in [1.54, 1.807) is 0 Å². The normalized spacial score (nSPS) is 19.5. The van der Waals surface area contributed by atoms with Crippen LogP contribution >= 0.6 is 0 Å². The van der Waals surface area contributed by atoms with E-state index < -0.39 is 0 Å². The van der Waals surface area contributed by atoms with Crippen molar-refractivity contribution in [3.63, 3.8) is 0 Å². The number of ether oxygens (including phenoxy) is 1. The van der Waals surface area contributed by atoms with Crippen LogP contribution in [0.1, 0.15) is 34.2 Å². The molecule has 1 aromatic carbocycles. The predicted molar refractivity (Wildman–Crippen MR) is 104 cm³/mol. The van der Waals surface area contributed by atoms with E-state index in [0.717, 1.165) is 35.0 Å². The van der Waals surface area contributed by atoms with Crippen LogP contribution in [-0.4, -0.2) is 40.3 Å². The van der Waals surface area contributed by atoms with Crippen LogP contribution in [0.4, 0.5) is 0 Å². The first-order valence-corrected chi connectivity index (χ1v) is 9.42. The van der Waals surface area contributed by atoms with Crippen LogP contribution in [0, 0.1) is 12.8 Å². The minimum Gasteiger partial charge on any atom is -0.379 e. The van der Waals surface area contributed by atoms with Crippen molar-refractivity contribution in [3.05, 3.63) is 59.0 Å². The lowest BCUT2D eigenvalue weighted by Crippen LogP contribution is -2.41. The van der Waals surface area contributed by atoms with Gasteiger partial charge in [-0.25, -0.2) is 0 Å². The zero-order valence-electron chi connectivity index (χ0n) is 15.7. The van der Waals surface area contributed by atoms with Crippen molar-refractivity contribution in [2.45, 2.75) is 32.7 Å². The van der Waals surface area contributed by atoms with Gasteiger partial charge in [-0.3, -0.25) is 14.9 Å². The number of H-pyrrole nitrogens is 1. The van der Waals surface area contributed by atoms with Gasteiger partial charge in [0, 0.05) is 28.8 Å². The highest BCUT2D eigenvalue weighted by atomic mass is 16.5. The molecule has 3 heterocycles. The number of benzene rings is 1. The van der Waals surface area contributed by atoms with E-state index in [1.807, 2.05) is 38.2 Å². The van der Waals surface area contributed by atoms with Crippen LogP contribution in [0.2, 0.25) is 0 Å². The zero-order valence-corrected chi connectivity index (χ0v) is 15.7. The Bertz CT molecular complexity index is 960. The van der Waals surface area contributed by atoms with Crippen LogP contribution in [0.15, 0.2) is 36.5 Å². The molecule has 0 aliphatic carbocycles. The third-order valence-electron chi connectivity index (χ3n) is 5.42. The van der Waals surface area contributed by atoms with Gasteiger partial charge in [-0.15, -0.1) is 0 Å². The molecule has 2 N–H and O–H groups in total. The van der Waals surface area contributed by atoms with Gasteiger partial charge in [0.25, 0.3) is 5.91 Å². The van der Waals surface area contributed by atoms with E-state index in [4.69, 9.17) is 4.74 Å². The van der Waals surface area contributed by atoms with Gasteiger partial charge in [0.15, 0.2) is 5.69 Å². The average Bonchev–Trinajstić information content (AvgIpc) is 3.28. The molecule has 2 atom stereocenters. The molecule has 1 aliphatic heterocycles. The first-order chi connectivity index (χ1) is 13.2. The Hall–Kier alpha value is -2.73. The number of carbonyl (C=O) groups excluding carboxylic acids is 1. The molecule has 1 fully saturated rings. The number of hydrogen-bond acceptors (Lipinski definition) is 4. The van der Waals surface area contributed by atoms with Crippen LogP contribution in [-0.2, 0) is 17.6 Å². The summed E-state index contributed by atoms with van der Waals surface area (Å²) in [6.07, 6.45) is 3.52. The molecule has 4 rings (SSSR count). The maximum atomic E-state index is 12.7. The van der Waals surface area contributed by atoms with E-state index in [0.29, 0.717) is 18.9 Å². The summed E-state index contributed by atoms with van der Waals surface area (Å²) in [7, 11) is 0. The summed E-state index contributed by atoms with van der Waals surface area (Å²) < 4.78 is 5.69. The molecule has 0 saturated carbocycles. The smallest absolute Gasteiger partial charge is 0.272 e. The molecule has 6 heteroatoms. The fourth-order valence-corrected chi connectivity index (χ4v) is 3.81. The van der Waals surface area contributed by atoms with Gasteiger partial charge < -0.3 is 10.1 Å². The molecule has 0 radical (unpaired) electrons. The Balaban J connectivity index is 1.50. The third-order valence-corrected chi connectivity index (χ3v) is 5.42. The summed E-state index contributed by atoms with van der Waals surface area (Å²) in [4.78, 5) is 17.1. The molecule has 1 aliphatic rings. The topological polar surface area (TPSA) is 79.9 Å². The third kappa shape index (κ3) is 3.45. The molecular weight excluding hydrogens is 340 g/mol. The lowest BCUT2D eigenvalue weighted by Gasteiger charge is -2.19. The number of para-hydroxylation sites is 1. The number of aryl methyl sites for hydroxylation is 1. The summed E-state index contributed by atoms with van der Waals surface area (Å²) in [6.45, 7) is 5.15. The maximum Gasteiger partial charge on any atom is 0.272 e. The van der Waals surface area contributed by atoms with Gasteiger partial charge >= 0.3 is 0 Å². The van der Waals surface area contributed by atoms with E-state index >= 15 is 0 Å². The SMILES string of the molecule is CCc1[nH]nc(C(=O)N[C@H]2COC[C@H]2Cc2ccnc3ccccc23)c1C. The molecule has 1 saturated heterocycles. The number of nitrogens with zero attached hydrogens (tertiary/aromatic N) is 2. The van der Waals surface area contributed by atoms with Crippen LogP contribution in [0.25, 0.3) is 10.9 Å². The number of nitrogens with one attached hydrogen (secondary N) is 2. The first-order valence-electron chi connectivity index (χ1n) is 9.42. The zero-order chi connectivity index (χ0) is 18.8. The van der Waals surface area contributed by atoms with Crippen molar-refractivity contribution in [1.82, 2.24) is 20.5 Å². The van der Waals surface area contributed by atoms with Crippen LogP contribution in [0.5, 0.6) is 0 Å². The fraction of sp³-hybridized carbons (Fsp3) is 0.381. The quantitative estimate of drug-likeness (QED) is 0.730. The maximum absolute atomic E-state index is 12.7. The minimum atomic E-state index is -0.136. The van der Waals surface area contributed by atoms with Crippen molar-refractivity contribution in [3.8, 4) is 0 Å². The van der Waals surface area contributed by atoms with Crippen molar-refractivity contribution >= 4 is 16.8 Å². The standard InChI is InChI=1S/C21H24N4O2/c1-3-17-13(2)20(25-24-17)21(26)23-19-12-27-11-15(19)10-14-8-9-22-18-7-5-4-6-16(14)18/h4-9,15,19H,3,10-12H2,1-2H3,(H,23,26)(H,24,25)/t15-,19+/m1/s1. The van der Waals surface area contributed by atoms with E-state index in [9.17, 15) is 4.79 Å². The molecule has 3 aromatic rings. The summed E-state index contributed by atoms with van der Waals surface area (Å²) >= 11 is 0. The lowest BCUT2D eigenvalue weighted by molar-refractivity contribution is 0.0919. The van der Waals surface area contributed by atoms with Crippen molar-refractivity contribution < 1.29 is 9.53 Å². The highest BCUT2D eigenvalue weighted by molar-refractivity contribution is 5.94. The molecule has 1 amide bonds. The Morgan fingerprint density at radius 3 is 2.96 bits per heavy atom. The number of amides is 1. The van der Waals surface area contributed by atoms with Crippen molar-refractivity contribution in [1.29, 1.82) is 0 Å². The number of aromatic amines is 1. The second kappa shape index (κ2) is 7.48. The second-order valence-electron chi connectivity index (χ2n) is 7.10. The van der Waals surface area contributed by atoms with Crippen LogP contribution < -0.4 is 5.32 Å². The number of pyridine rings is 1. The van der Waals surface area contributed by atoms with Crippen LogP contribution in [0.3, 0.4) is 0 Å². The number of hydrogen-bond donors (Lipinski definition) is 2. The molecule has 0 unspecified atom stereocenters. The Morgan fingerprint density at radius 2 is 2.15 bits per heavy atom. The van der Waals surface area contributed by atoms with Crippen molar-refractivity contribution in [2.75, 3.05) is 13.2 Å². The Morgan fingerprint density at radius 1 is 1.30 bits per heavy atom. The minimum absolute atomic E-state index is 0.0226. The Kier molecular flexibility index (Phi) is 4.90. The fourth-order valence-electron chi connectivity index (χ4n) is 3.81. The highest BCUT2D eigenvalue weighted by Gasteiger charge is 2.31. The van der Waals surface area contributed by atoms with Gasteiger partial charge in [0.1, 0.15) is 0 Å². The second-order valence-corrected chi connectivity index (χ2v) is 7.10. The summed E-state index contributed by atoms with van der Waals surface area (Å²) in [5, 5.41) is 11.4. The number of carbonyl (C=O) groups is 1. The lowest BCUT2D eigenvalue weighted by atomic mass is 9.93. The molecular formula is C21H24N4O2. The molecule has 2 aromatic heterocycles. The summed E-state index contributed by atoms with van der Waals surface area (Å²) in [6, 6.07) is 10.2. The first kappa shape index (κ1) is 17.7. The predicted octanol–water partition coefficient (Wildman–Crippen LogP) is 2.82. The van der Waals surface area contributed by atoms with Gasteiger partial charge in [-0.1, -0.05) is 25.1 Å². The Labute approximate surface area is 158 Å². The van der Waals surface area contributed by atoms with Gasteiger partial charge in [-0.2, -0.15) is 5.10 Å². The summed E-state index contributed by atoms with van der Waals surface area (Å²) in [5.74, 6) is 0.0909. The van der Waals surface area contributed by atoms with Gasteiger partial charge in [0.05, 0.1) is 24.8 Å². The number of rotatable bonds is 5. The van der Waals surface area contributed by atoms with E-state index in [1.165, 1.54) is 5.56 Å². The number of aromatic nitrogens is 3. The highest BCUT2D eigenvalue weighted by Crippen LogP contribution is 2.24. The van der Waals surface area contributed by atoms with E-state index in [2.05, 4.69) is 32.6 Å². The van der Waals surface area contributed by atoms with Gasteiger partial charge in [0.2, 0.25) is 0 Å². The molecule has 0 bridgehead atoms. The summed E-state index contributed by atoms with van der Waals surface area (Å²) in [5.41, 5.74) is 4.63. The number of fused-ring (bicyclic) bond motifs is 1. The molecule has 0 spiro atoms.